The molecule has 2 amide bonds. The van der Waals surface area contributed by atoms with Crippen molar-refractivity contribution in [1.82, 2.24) is 9.97 Å². The van der Waals surface area contributed by atoms with Gasteiger partial charge in [-0.05, 0) is 48.5 Å². The number of aliphatic hydroxyl groups is 1. The molecule has 0 bridgehead atoms. The Morgan fingerprint density at radius 2 is 1.12 bits per heavy atom. The molecule has 12 nitrogen and oxygen atoms in total. The van der Waals surface area contributed by atoms with E-state index in [0.717, 1.165) is 4.90 Å². The monoisotopic (exact) mass is 682 g/mol. The fraction of sp³-hybridized carbons (Fsp3) is 0.154. The Kier molecular flexibility index (Phi) is 9.50. The molecule has 1 saturated heterocycles. The molecular weight excluding hydrogens is 652 g/mol. The van der Waals surface area contributed by atoms with Crippen LogP contribution in [0.4, 0.5) is 11.5 Å². The van der Waals surface area contributed by atoms with E-state index < -0.39 is 60.7 Å². The van der Waals surface area contributed by atoms with Crippen LogP contribution in [0.3, 0.4) is 0 Å². The number of esters is 2. The first kappa shape index (κ1) is 33.1. The van der Waals surface area contributed by atoms with E-state index in [0.29, 0.717) is 0 Å². The summed E-state index contributed by atoms with van der Waals surface area (Å²) in [5.74, 6) is -3.59. The molecule has 254 valence electrons. The first-order valence-corrected chi connectivity index (χ1v) is 16.1. The Morgan fingerprint density at radius 1 is 0.647 bits per heavy atom. The summed E-state index contributed by atoms with van der Waals surface area (Å²) in [5.41, 5.74) is 1.38. The van der Waals surface area contributed by atoms with E-state index >= 15 is 0 Å². The second-order valence-electron chi connectivity index (χ2n) is 11.7. The van der Waals surface area contributed by atoms with Crippen molar-refractivity contribution < 1.29 is 38.5 Å². The zero-order valence-electron chi connectivity index (χ0n) is 26.9. The van der Waals surface area contributed by atoms with Gasteiger partial charge in [-0.3, -0.25) is 14.6 Å². The number of aliphatic imine (C=N–C) groups is 1. The maximum atomic E-state index is 14.0. The van der Waals surface area contributed by atoms with Crippen molar-refractivity contribution in [3.05, 3.63) is 156 Å². The van der Waals surface area contributed by atoms with Crippen LogP contribution >= 0.6 is 0 Å². The maximum absolute atomic E-state index is 14.0. The average molecular weight is 683 g/mol. The molecule has 1 aromatic heterocycles. The third-order valence-corrected chi connectivity index (χ3v) is 8.56. The number of carbonyl (C=O) groups is 4. The lowest BCUT2D eigenvalue weighted by molar-refractivity contribution is -0.0392. The molecular formula is C39H30N4O8. The van der Waals surface area contributed by atoms with Crippen molar-refractivity contribution in [1.29, 1.82) is 0 Å². The van der Waals surface area contributed by atoms with Gasteiger partial charge in [0, 0.05) is 17.3 Å². The predicted molar refractivity (Wildman–Crippen MR) is 184 cm³/mol. The highest BCUT2D eigenvalue weighted by Gasteiger charge is 2.54. The lowest BCUT2D eigenvalue weighted by Crippen LogP contribution is -2.43. The molecule has 1 unspecified atom stereocenters. The summed E-state index contributed by atoms with van der Waals surface area (Å²) in [6.07, 6.45) is -1.93. The molecule has 7 rings (SSSR count). The lowest BCUT2D eigenvalue weighted by Gasteiger charge is -2.26. The Hall–Kier alpha value is -6.37. The van der Waals surface area contributed by atoms with Gasteiger partial charge in [-0.1, -0.05) is 72.8 Å². The van der Waals surface area contributed by atoms with Crippen molar-refractivity contribution in [2.75, 3.05) is 11.5 Å². The van der Waals surface area contributed by atoms with Crippen LogP contribution in [0.2, 0.25) is 0 Å². The Balaban J connectivity index is 1.27. The molecule has 4 aromatic carbocycles. The van der Waals surface area contributed by atoms with Crippen LogP contribution in [0.25, 0.3) is 0 Å². The minimum absolute atomic E-state index is 0.0666. The number of fused-ring (bicyclic) bond motifs is 1. The fourth-order valence-electron chi connectivity index (χ4n) is 6.08. The summed E-state index contributed by atoms with van der Waals surface area (Å²) in [7, 11) is 0. The smallest absolute Gasteiger partial charge is 0.338 e. The third-order valence-electron chi connectivity index (χ3n) is 8.56. The van der Waals surface area contributed by atoms with E-state index in [1.807, 2.05) is 0 Å². The molecule has 0 saturated carbocycles. The highest BCUT2D eigenvalue weighted by atomic mass is 16.6. The lowest BCUT2D eigenvalue weighted by atomic mass is 9.94. The van der Waals surface area contributed by atoms with E-state index in [9.17, 15) is 24.3 Å². The predicted octanol–water partition coefficient (Wildman–Crippen LogP) is 4.97. The molecule has 5 aromatic rings. The Morgan fingerprint density at radius 3 is 1.61 bits per heavy atom. The maximum Gasteiger partial charge on any atom is 0.338 e. The van der Waals surface area contributed by atoms with Gasteiger partial charge in [0.2, 0.25) is 0 Å². The van der Waals surface area contributed by atoms with Crippen molar-refractivity contribution in [2.45, 2.75) is 30.3 Å². The van der Waals surface area contributed by atoms with Gasteiger partial charge in [-0.2, -0.15) is 0 Å². The van der Waals surface area contributed by atoms with Gasteiger partial charge >= 0.3 is 11.9 Å². The quantitative estimate of drug-likeness (QED) is 0.166. The van der Waals surface area contributed by atoms with Gasteiger partial charge in [0.1, 0.15) is 24.2 Å². The highest BCUT2D eigenvalue weighted by molar-refractivity contribution is 6.26. The van der Waals surface area contributed by atoms with E-state index in [-0.39, 0.29) is 39.5 Å². The average Bonchev–Trinajstić information content (AvgIpc) is 3.77. The van der Waals surface area contributed by atoms with Gasteiger partial charge in [0.05, 0.1) is 29.3 Å². The molecule has 0 spiro atoms. The number of rotatable bonds is 9. The molecule has 3 heterocycles. The first-order chi connectivity index (χ1) is 24.9. The SMILES string of the molecule is O=C(O[C@@H]1[C@H](OC(=O)c2ccccc2)[C@@H](CO)O[C@H]1C1C=Nc2c1ncnc2N(C(=O)c1ccccc1)C(=O)c1ccccc1)c1ccccc1. The van der Waals surface area contributed by atoms with Gasteiger partial charge < -0.3 is 19.3 Å². The van der Waals surface area contributed by atoms with E-state index in [4.69, 9.17) is 14.2 Å². The normalized spacial score (nSPS) is 20.3. The zero-order valence-corrected chi connectivity index (χ0v) is 26.9. The van der Waals surface area contributed by atoms with Crippen LogP contribution in [0, 0.1) is 0 Å². The van der Waals surface area contributed by atoms with Crippen molar-refractivity contribution >= 4 is 41.5 Å². The zero-order chi connectivity index (χ0) is 35.3. The van der Waals surface area contributed by atoms with Gasteiger partial charge in [-0.25, -0.2) is 24.5 Å². The standard InChI is InChI=1S/C39H30N4O8/c44-22-29-33(50-38(47)26-17-9-3-10-18-26)34(51-39(48)27-19-11-4-12-20-27)32(49-29)28-21-40-31-30(28)41-23-42-35(31)43(36(45)24-13-5-1-6-14-24)37(46)25-15-7-2-8-16-25/h1-21,23,28-29,32-34,44H,22H2/t28?,29-,32+,33-,34+/m1/s1. The fourth-order valence-corrected chi connectivity index (χ4v) is 6.08. The highest BCUT2D eigenvalue weighted by Crippen LogP contribution is 2.44. The molecule has 1 fully saturated rings. The molecule has 2 aliphatic rings. The number of anilines is 1. The summed E-state index contributed by atoms with van der Waals surface area (Å²) in [6.45, 7) is -0.570. The van der Waals surface area contributed by atoms with Gasteiger partial charge in [0.15, 0.2) is 18.0 Å². The second-order valence-corrected chi connectivity index (χ2v) is 11.7. The van der Waals surface area contributed by atoms with Crippen LogP contribution in [-0.2, 0) is 14.2 Å². The number of hydrogen-bond donors (Lipinski definition) is 1. The first-order valence-electron chi connectivity index (χ1n) is 16.1. The molecule has 1 N–H and O–H groups in total. The van der Waals surface area contributed by atoms with Crippen LogP contribution < -0.4 is 4.90 Å². The molecule has 0 aliphatic carbocycles. The number of amides is 2. The number of ether oxygens (including phenoxy) is 3. The van der Waals surface area contributed by atoms with E-state index in [2.05, 4.69) is 15.0 Å². The summed E-state index contributed by atoms with van der Waals surface area (Å²) < 4.78 is 18.2. The molecule has 2 aliphatic heterocycles. The van der Waals surface area contributed by atoms with Crippen LogP contribution in [0.1, 0.15) is 53.0 Å². The van der Waals surface area contributed by atoms with E-state index in [1.165, 1.54) is 12.5 Å². The minimum Gasteiger partial charge on any atom is -0.452 e. The number of carbonyl (C=O) groups excluding carboxylic acids is 4. The molecule has 12 heteroatoms. The van der Waals surface area contributed by atoms with Crippen molar-refractivity contribution in [3.63, 3.8) is 0 Å². The molecule has 0 radical (unpaired) electrons. The minimum atomic E-state index is -1.24. The van der Waals surface area contributed by atoms with Crippen molar-refractivity contribution in [3.8, 4) is 0 Å². The number of aromatic nitrogens is 2. The number of benzene rings is 4. The second kappa shape index (κ2) is 14.6. The number of aliphatic hydroxyl groups excluding tert-OH is 1. The number of imide groups is 1. The Labute approximate surface area is 292 Å². The topological polar surface area (TPSA) is 158 Å². The largest absolute Gasteiger partial charge is 0.452 e. The third kappa shape index (κ3) is 6.65. The summed E-state index contributed by atoms with van der Waals surface area (Å²) in [4.78, 5) is 69.0. The number of hydrogen-bond acceptors (Lipinski definition) is 11. The van der Waals surface area contributed by atoms with Crippen LogP contribution in [0.5, 0.6) is 0 Å². The summed E-state index contributed by atoms with van der Waals surface area (Å²) in [5, 5.41) is 10.4. The van der Waals surface area contributed by atoms with Gasteiger partial charge in [0.25, 0.3) is 11.8 Å². The van der Waals surface area contributed by atoms with Gasteiger partial charge in [-0.15, -0.1) is 0 Å². The molecule has 51 heavy (non-hydrogen) atoms. The van der Waals surface area contributed by atoms with Crippen LogP contribution in [-0.4, -0.2) is 76.1 Å². The van der Waals surface area contributed by atoms with Crippen LogP contribution in [0.15, 0.2) is 133 Å². The summed E-state index contributed by atoms with van der Waals surface area (Å²) >= 11 is 0. The summed E-state index contributed by atoms with van der Waals surface area (Å²) in [6, 6.07) is 33.1. The molecule has 5 atom stereocenters. The van der Waals surface area contributed by atoms with E-state index in [1.54, 1.807) is 121 Å². The number of nitrogens with zero attached hydrogens (tertiary/aromatic N) is 4. The Bertz CT molecular complexity index is 2030. The van der Waals surface area contributed by atoms with Crippen molar-refractivity contribution in [2.24, 2.45) is 4.99 Å².